The summed E-state index contributed by atoms with van der Waals surface area (Å²) in [6.07, 6.45) is 0.770. The van der Waals surface area contributed by atoms with E-state index >= 15 is 0 Å². The highest BCUT2D eigenvalue weighted by Gasteiger charge is 2.51. The number of ether oxygens (including phenoxy) is 4. The Labute approximate surface area is 95.4 Å². The van der Waals surface area contributed by atoms with Gasteiger partial charge in [0.2, 0.25) is 0 Å². The van der Waals surface area contributed by atoms with E-state index in [-0.39, 0.29) is 11.5 Å². The van der Waals surface area contributed by atoms with Crippen LogP contribution in [0.3, 0.4) is 0 Å². The van der Waals surface area contributed by atoms with Crippen LogP contribution in [-0.2, 0) is 18.9 Å². The molecule has 0 saturated carbocycles. The SMILES string of the molecule is CC12COC(CC3CNCCO3)(OC1)OC2. The van der Waals surface area contributed by atoms with Crippen LogP contribution >= 0.6 is 0 Å². The van der Waals surface area contributed by atoms with Gasteiger partial charge in [-0.3, -0.25) is 0 Å². The average molecular weight is 229 g/mol. The van der Waals surface area contributed by atoms with Crippen LogP contribution in [0.1, 0.15) is 13.3 Å². The summed E-state index contributed by atoms with van der Waals surface area (Å²) >= 11 is 0. The molecule has 0 aromatic heterocycles. The molecule has 16 heavy (non-hydrogen) atoms. The first-order chi connectivity index (χ1) is 7.70. The lowest BCUT2D eigenvalue weighted by Crippen LogP contribution is -2.60. The molecular formula is C11H19NO4. The topological polar surface area (TPSA) is 49.0 Å². The number of hydrogen-bond donors (Lipinski definition) is 1. The highest BCUT2D eigenvalue weighted by Crippen LogP contribution is 2.40. The van der Waals surface area contributed by atoms with Crippen molar-refractivity contribution in [1.82, 2.24) is 5.32 Å². The van der Waals surface area contributed by atoms with Crippen molar-refractivity contribution < 1.29 is 18.9 Å². The maximum absolute atomic E-state index is 5.72. The molecule has 1 unspecified atom stereocenters. The first-order valence-corrected chi connectivity index (χ1v) is 5.94. The molecule has 0 aromatic carbocycles. The number of hydrogen-bond acceptors (Lipinski definition) is 5. The van der Waals surface area contributed by atoms with Crippen molar-refractivity contribution in [1.29, 1.82) is 0 Å². The molecule has 1 atom stereocenters. The van der Waals surface area contributed by atoms with E-state index in [4.69, 9.17) is 18.9 Å². The molecule has 4 aliphatic rings. The van der Waals surface area contributed by atoms with Gasteiger partial charge in [-0.05, 0) is 0 Å². The van der Waals surface area contributed by atoms with Crippen molar-refractivity contribution in [2.24, 2.45) is 5.41 Å². The zero-order valence-corrected chi connectivity index (χ0v) is 9.66. The molecule has 0 aromatic rings. The Morgan fingerprint density at radius 1 is 1.19 bits per heavy atom. The van der Waals surface area contributed by atoms with E-state index in [0.29, 0.717) is 26.2 Å². The Morgan fingerprint density at radius 3 is 2.44 bits per heavy atom. The predicted molar refractivity (Wildman–Crippen MR) is 55.9 cm³/mol. The molecule has 4 fully saturated rings. The molecule has 0 amide bonds. The van der Waals surface area contributed by atoms with Crippen molar-refractivity contribution in [2.45, 2.75) is 25.4 Å². The summed E-state index contributed by atoms with van der Waals surface area (Å²) in [6.45, 7) is 6.78. The van der Waals surface area contributed by atoms with Crippen LogP contribution < -0.4 is 5.32 Å². The van der Waals surface area contributed by atoms with E-state index in [1.54, 1.807) is 0 Å². The second kappa shape index (κ2) is 3.92. The summed E-state index contributed by atoms with van der Waals surface area (Å²) in [5, 5.41) is 3.29. The molecule has 0 aliphatic carbocycles. The molecule has 5 heteroatoms. The molecule has 0 spiro atoms. The molecule has 1 N–H and O–H groups in total. The molecule has 4 heterocycles. The van der Waals surface area contributed by atoms with Crippen LogP contribution in [0.2, 0.25) is 0 Å². The number of nitrogens with one attached hydrogen (secondary N) is 1. The van der Waals surface area contributed by atoms with Gasteiger partial charge in [0.25, 0.3) is 5.97 Å². The minimum absolute atomic E-state index is 0.0351. The summed E-state index contributed by atoms with van der Waals surface area (Å²) in [5.74, 6) is -0.846. The third-order valence-electron chi connectivity index (χ3n) is 3.40. The molecular weight excluding hydrogens is 210 g/mol. The van der Waals surface area contributed by atoms with Crippen molar-refractivity contribution in [3.05, 3.63) is 0 Å². The minimum Gasteiger partial charge on any atom is -0.375 e. The Hall–Kier alpha value is -0.200. The smallest absolute Gasteiger partial charge is 0.285 e. The van der Waals surface area contributed by atoms with Crippen LogP contribution in [0.25, 0.3) is 0 Å². The van der Waals surface area contributed by atoms with Crippen LogP contribution in [-0.4, -0.2) is 51.6 Å². The maximum atomic E-state index is 5.72. The van der Waals surface area contributed by atoms with Crippen molar-refractivity contribution in [2.75, 3.05) is 39.5 Å². The Morgan fingerprint density at radius 2 is 1.88 bits per heavy atom. The van der Waals surface area contributed by atoms with E-state index in [1.165, 1.54) is 0 Å². The van der Waals surface area contributed by atoms with Crippen molar-refractivity contribution in [3.8, 4) is 0 Å². The largest absolute Gasteiger partial charge is 0.375 e. The lowest BCUT2D eigenvalue weighted by Gasteiger charge is -2.51. The fourth-order valence-electron chi connectivity index (χ4n) is 2.31. The second-order valence-electron chi connectivity index (χ2n) is 5.26. The predicted octanol–water partition coefficient (Wildman–Crippen LogP) is 0.102. The molecule has 2 bridgehead atoms. The normalized spacial score (nSPS) is 48.2. The van der Waals surface area contributed by atoms with E-state index in [1.807, 2.05) is 0 Å². The minimum atomic E-state index is -0.846. The van der Waals surface area contributed by atoms with Gasteiger partial charge in [0.05, 0.1) is 39.0 Å². The highest BCUT2D eigenvalue weighted by molar-refractivity contribution is 4.86. The molecule has 92 valence electrons. The molecule has 0 radical (unpaired) electrons. The standard InChI is InChI=1S/C11H19NO4/c1-10-6-14-11(15-7-10,16-8-10)4-9-5-12-2-3-13-9/h9,12H,2-8H2,1H3. The fourth-order valence-corrected chi connectivity index (χ4v) is 2.31. The number of rotatable bonds is 2. The zero-order chi connectivity index (χ0) is 11.1. The van der Waals surface area contributed by atoms with Gasteiger partial charge in [-0.15, -0.1) is 0 Å². The van der Waals surface area contributed by atoms with Crippen molar-refractivity contribution in [3.63, 3.8) is 0 Å². The van der Waals surface area contributed by atoms with Gasteiger partial charge >= 0.3 is 0 Å². The summed E-state index contributed by atoms with van der Waals surface area (Å²) in [6, 6.07) is 0. The Balaban J connectivity index is 1.61. The quantitative estimate of drug-likeness (QED) is 0.728. The Kier molecular flexibility index (Phi) is 2.68. The molecule has 4 rings (SSSR count). The third-order valence-corrected chi connectivity index (χ3v) is 3.40. The van der Waals surface area contributed by atoms with Gasteiger partial charge in [-0.2, -0.15) is 0 Å². The van der Waals surface area contributed by atoms with E-state index in [0.717, 1.165) is 19.7 Å². The van der Waals surface area contributed by atoms with Gasteiger partial charge in [-0.25, -0.2) is 0 Å². The zero-order valence-electron chi connectivity index (χ0n) is 9.66. The monoisotopic (exact) mass is 229 g/mol. The van der Waals surface area contributed by atoms with Crippen LogP contribution in [0, 0.1) is 5.41 Å². The molecule has 4 saturated heterocycles. The van der Waals surface area contributed by atoms with Crippen molar-refractivity contribution >= 4 is 0 Å². The molecule has 5 nitrogen and oxygen atoms in total. The second-order valence-corrected chi connectivity index (χ2v) is 5.26. The first-order valence-electron chi connectivity index (χ1n) is 5.94. The highest BCUT2D eigenvalue weighted by atomic mass is 16.9. The van der Waals surface area contributed by atoms with Gasteiger partial charge < -0.3 is 24.3 Å². The third kappa shape index (κ3) is 1.98. The van der Waals surface area contributed by atoms with E-state index < -0.39 is 5.97 Å². The van der Waals surface area contributed by atoms with Gasteiger partial charge in [0, 0.05) is 18.5 Å². The van der Waals surface area contributed by atoms with Crippen LogP contribution in [0.4, 0.5) is 0 Å². The van der Waals surface area contributed by atoms with E-state index in [9.17, 15) is 0 Å². The maximum Gasteiger partial charge on any atom is 0.285 e. The van der Waals surface area contributed by atoms with Crippen LogP contribution in [0.15, 0.2) is 0 Å². The van der Waals surface area contributed by atoms with E-state index in [2.05, 4.69) is 12.2 Å². The van der Waals surface area contributed by atoms with Crippen LogP contribution in [0.5, 0.6) is 0 Å². The van der Waals surface area contributed by atoms with Gasteiger partial charge in [-0.1, -0.05) is 6.92 Å². The molecule has 4 aliphatic heterocycles. The summed E-state index contributed by atoms with van der Waals surface area (Å²) < 4.78 is 22.8. The summed E-state index contributed by atoms with van der Waals surface area (Å²) in [4.78, 5) is 0. The lowest BCUT2D eigenvalue weighted by molar-refractivity contribution is -0.471. The number of fused-ring (bicyclic) bond motifs is 3. The Bertz CT molecular complexity index is 240. The van der Waals surface area contributed by atoms with Gasteiger partial charge in [0.15, 0.2) is 0 Å². The summed E-state index contributed by atoms with van der Waals surface area (Å²) in [5.41, 5.74) is 0.0351. The lowest BCUT2D eigenvalue weighted by atomic mass is 9.91. The average Bonchev–Trinajstić information content (AvgIpc) is 2.33. The number of morpholine rings is 1. The first kappa shape index (κ1) is 10.9. The summed E-state index contributed by atoms with van der Waals surface area (Å²) in [7, 11) is 0. The fraction of sp³-hybridized carbons (Fsp3) is 1.00. The van der Waals surface area contributed by atoms with Gasteiger partial charge in [0.1, 0.15) is 0 Å².